The van der Waals surface area contributed by atoms with Crippen molar-refractivity contribution in [1.29, 1.82) is 0 Å². The molecule has 1 aliphatic heterocycles. The molecule has 2 aliphatic rings. The molecule has 2 N–H and O–H groups in total. The van der Waals surface area contributed by atoms with E-state index in [0.29, 0.717) is 12.1 Å². The third-order valence-electron chi connectivity index (χ3n) is 5.45. The first kappa shape index (κ1) is 15.1. The average molecular weight is 286 g/mol. The SMILES string of the molecule is C[C@@H](NC1CCCCC1C1CCCCN1)c1ccccc1. The lowest BCUT2D eigenvalue weighted by molar-refractivity contribution is 0.174. The molecule has 4 atom stereocenters. The van der Waals surface area contributed by atoms with Crippen LogP contribution >= 0.6 is 0 Å². The van der Waals surface area contributed by atoms with E-state index in [-0.39, 0.29) is 0 Å². The largest absolute Gasteiger partial charge is 0.314 e. The van der Waals surface area contributed by atoms with Crippen molar-refractivity contribution in [2.45, 2.75) is 70.0 Å². The van der Waals surface area contributed by atoms with Crippen LogP contribution in [0.15, 0.2) is 30.3 Å². The van der Waals surface area contributed by atoms with Gasteiger partial charge in [0, 0.05) is 18.1 Å². The molecule has 116 valence electrons. The van der Waals surface area contributed by atoms with Gasteiger partial charge in [-0.1, -0.05) is 49.6 Å². The first-order chi connectivity index (χ1) is 10.3. The van der Waals surface area contributed by atoms with Gasteiger partial charge in [0.15, 0.2) is 0 Å². The van der Waals surface area contributed by atoms with Crippen LogP contribution < -0.4 is 10.6 Å². The lowest BCUT2D eigenvalue weighted by atomic mass is 9.77. The Hall–Kier alpha value is -0.860. The normalized spacial score (nSPS) is 31.8. The second-order valence-corrected chi connectivity index (χ2v) is 6.91. The molecule has 3 unspecified atom stereocenters. The molecular formula is C19H30N2. The maximum absolute atomic E-state index is 3.94. The Balaban J connectivity index is 1.63. The van der Waals surface area contributed by atoms with Crippen LogP contribution in [-0.2, 0) is 0 Å². The predicted octanol–water partition coefficient (Wildman–Crippen LogP) is 4.04. The Morgan fingerprint density at radius 2 is 1.76 bits per heavy atom. The average Bonchev–Trinajstić information content (AvgIpc) is 2.57. The summed E-state index contributed by atoms with van der Waals surface area (Å²) in [6.07, 6.45) is 9.71. The topological polar surface area (TPSA) is 24.1 Å². The molecule has 1 aromatic rings. The van der Waals surface area contributed by atoms with Crippen LogP contribution in [-0.4, -0.2) is 18.6 Å². The van der Waals surface area contributed by atoms with Gasteiger partial charge in [-0.25, -0.2) is 0 Å². The fourth-order valence-electron chi connectivity index (χ4n) is 4.25. The van der Waals surface area contributed by atoms with Gasteiger partial charge in [-0.05, 0) is 50.6 Å². The number of piperidine rings is 1. The fraction of sp³-hybridized carbons (Fsp3) is 0.684. The van der Waals surface area contributed by atoms with Crippen LogP contribution in [0.2, 0.25) is 0 Å². The van der Waals surface area contributed by atoms with E-state index in [2.05, 4.69) is 47.9 Å². The van der Waals surface area contributed by atoms with Crippen molar-refractivity contribution in [2.24, 2.45) is 5.92 Å². The highest BCUT2D eigenvalue weighted by Crippen LogP contribution is 2.31. The molecule has 2 fully saturated rings. The van der Waals surface area contributed by atoms with E-state index in [4.69, 9.17) is 0 Å². The van der Waals surface area contributed by atoms with E-state index in [9.17, 15) is 0 Å². The zero-order valence-electron chi connectivity index (χ0n) is 13.4. The van der Waals surface area contributed by atoms with Crippen molar-refractivity contribution in [1.82, 2.24) is 10.6 Å². The van der Waals surface area contributed by atoms with Crippen LogP contribution in [0.5, 0.6) is 0 Å². The smallest absolute Gasteiger partial charge is 0.0294 e. The predicted molar refractivity (Wildman–Crippen MR) is 89.4 cm³/mol. The van der Waals surface area contributed by atoms with Crippen molar-refractivity contribution < 1.29 is 0 Å². The molecule has 1 saturated carbocycles. The van der Waals surface area contributed by atoms with Crippen molar-refractivity contribution in [3.05, 3.63) is 35.9 Å². The Morgan fingerprint density at radius 1 is 1.00 bits per heavy atom. The highest BCUT2D eigenvalue weighted by Gasteiger charge is 2.32. The van der Waals surface area contributed by atoms with Gasteiger partial charge in [-0.2, -0.15) is 0 Å². The molecule has 1 saturated heterocycles. The van der Waals surface area contributed by atoms with Crippen LogP contribution in [0.1, 0.15) is 63.5 Å². The van der Waals surface area contributed by atoms with Crippen LogP contribution in [0.4, 0.5) is 0 Å². The summed E-state index contributed by atoms with van der Waals surface area (Å²) < 4.78 is 0. The van der Waals surface area contributed by atoms with Crippen molar-refractivity contribution in [3.8, 4) is 0 Å². The molecule has 1 aliphatic carbocycles. The summed E-state index contributed by atoms with van der Waals surface area (Å²) in [6, 6.07) is 12.8. The fourth-order valence-corrected chi connectivity index (χ4v) is 4.25. The van der Waals surface area contributed by atoms with Gasteiger partial charge in [-0.15, -0.1) is 0 Å². The first-order valence-electron chi connectivity index (χ1n) is 8.89. The Bertz CT molecular complexity index is 411. The molecule has 1 aromatic carbocycles. The number of rotatable bonds is 4. The Labute approximate surface area is 129 Å². The summed E-state index contributed by atoms with van der Waals surface area (Å²) in [5.41, 5.74) is 1.42. The van der Waals surface area contributed by atoms with E-state index >= 15 is 0 Å². The summed E-state index contributed by atoms with van der Waals surface area (Å²) in [6.45, 7) is 3.54. The van der Waals surface area contributed by atoms with Gasteiger partial charge in [0.1, 0.15) is 0 Å². The first-order valence-corrected chi connectivity index (χ1v) is 8.89. The number of nitrogens with one attached hydrogen (secondary N) is 2. The minimum atomic E-state index is 0.459. The van der Waals surface area contributed by atoms with Crippen LogP contribution in [0.25, 0.3) is 0 Å². The van der Waals surface area contributed by atoms with Crippen molar-refractivity contribution in [2.75, 3.05) is 6.54 Å². The number of hydrogen-bond donors (Lipinski definition) is 2. The maximum Gasteiger partial charge on any atom is 0.0294 e. The van der Waals surface area contributed by atoms with Crippen LogP contribution in [0.3, 0.4) is 0 Å². The molecule has 0 spiro atoms. The molecule has 2 heteroatoms. The lowest BCUT2D eigenvalue weighted by Gasteiger charge is -2.41. The highest BCUT2D eigenvalue weighted by atomic mass is 15.0. The Morgan fingerprint density at radius 3 is 2.52 bits per heavy atom. The van der Waals surface area contributed by atoms with E-state index < -0.39 is 0 Å². The summed E-state index contributed by atoms with van der Waals surface area (Å²) in [4.78, 5) is 0. The molecule has 1 heterocycles. The van der Waals surface area contributed by atoms with Gasteiger partial charge in [0.05, 0.1) is 0 Å². The minimum Gasteiger partial charge on any atom is -0.314 e. The maximum atomic E-state index is 3.94. The lowest BCUT2D eigenvalue weighted by Crippen LogP contribution is -2.50. The monoisotopic (exact) mass is 286 g/mol. The molecule has 0 aromatic heterocycles. The number of benzene rings is 1. The van der Waals surface area contributed by atoms with Gasteiger partial charge in [0.25, 0.3) is 0 Å². The molecule has 2 nitrogen and oxygen atoms in total. The summed E-state index contributed by atoms with van der Waals surface area (Å²) >= 11 is 0. The van der Waals surface area contributed by atoms with Gasteiger partial charge in [-0.3, -0.25) is 0 Å². The summed E-state index contributed by atoms with van der Waals surface area (Å²) in [7, 11) is 0. The molecule has 0 bridgehead atoms. The highest BCUT2D eigenvalue weighted by molar-refractivity contribution is 5.18. The minimum absolute atomic E-state index is 0.459. The second-order valence-electron chi connectivity index (χ2n) is 6.91. The summed E-state index contributed by atoms with van der Waals surface area (Å²) in [5.74, 6) is 0.824. The molecule has 0 amide bonds. The van der Waals surface area contributed by atoms with Gasteiger partial charge in [0.2, 0.25) is 0 Å². The van der Waals surface area contributed by atoms with Crippen molar-refractivity contribution >= 4 is 0 Å². The van der Waals surface area contributed by atoms with Crippen LogP contribution in [0, 0.1) is 5.92 Å². The standard InChI is InChI=1S/C19H30N2/c1-15(16-9-3-2-4-10-16)21-19-13-6-5-11-17(19)18-12-7-8-14-20-18/h2-4,9-10,15,17-21H,5-8,11-14H2,1H3/t15-,17?,18?,19?/m1/s1. The van der Waals surface area contributed by atoms with E-state index in [1.54, 1.807) is 0 Å². The molecule has 21 heavy (non-hydrogen) atoms. The van der Waals surface area contributed by atoms with Gasteiger partial charge >= 0.3 is 0 Å². The summed E-state index contributed by atoms with van der Waals surface area (Å²) in [5, 5.41) is 7.73. The Kier molecular flexibility index (Phi) is 5.32. The number of hydrogen-bond acceptors (Lipinski definition) is 2. The van der Waals surface area contributed by atoms with Gasteiger partial charge < -0.3 is 10.6 Å². The zero-order chi connectivity index (χ0) is 14.5. The molecular weight excluding hydrogens is 256 g/mol. The third kappa shape index (κ3) is 3.87. The van der Waals surface area contributed by atoms with E-state index in [1.165, 1.54) is 57.1 Å². The third-order valence-corrected chi connectivity index (χ3v) is 5.45. The van der Waals surface area contributed by atoms with E-state index in [0.717, 1.165) is 12.0 Å². The zero-order valence-corrected chi connectivity index (χ0v) is 13.4. The second kappa shape index (κ2) is 7.42. The quantitative estimate of drug-likeness (QED) is 0.873. The molecule has 0 radical (unpaired) electrons. The van der Waals surface area contributed by atoms with Crippen molar-refractivity contribution in [3.63, 3.8) is 0 Å². The van der Waals surface area contributed by atoms with E-state index in [1.807, 2.05) is 0 Å². The molecule has 3 rings (SSSR count).